The number of nitrogens with two attached hydrogens (primary N) is 1. The van der Waals surface area contributed by atoms with Gasteiger partial charge in [0, 0.05) is 19.1 Å². The van der Waals surface area contributed by atoms with Gasteiger partial charge >= 0.3 is 5.69 Å². The van der Waals surface area contributed by atoms with Crippen LogP contribution >= 0.6 is 12.4 Å². The van der Waals surface area contributed by atoms with Crippen LogP contribution in [-0.2, 0) is 17.9 Å². The molecule has 0 unspecified atom stereocenters. The summed E-state index contributed by atoms with van der Waals surface area (Å²) < 4.78 is 3.16. The van der Waals surface area contributed by atoms with Crippen molar-refractivity contribution in [2.45, 2.75) is 33.0 Å². The van der Waals surface area contributed by atoms with E-state index in [4.69, 9.17) is 5.73 Å². The Balaban J connectivity index is 0.00000220. The van der Waals surface area contributed by atoms with E-state index in [1.54, 1.807) is 4.57 Å². The molecule has 0 aliphatic heterocycles. The Morgan fingerprint density at radius 2 is 1.86 bits per heavy atom. The fourth-order valence-corrected chi connectivity index (χ4v) is 2.25. The topological polar surface area (TPSA) is 82.0 Å². The number of carbonyl (C=O) groups is 1. The maximum atomic E-state index is 12.3. The molecule has 21 heavy (non-hydrogen) atoms. The highest BCUT2D eigenvalue weighted by Crippen LogP contribution is 2.12. The molecule has 0 spiro atoms. The third-order valence-electron chi connectivity index (χ3n) is 3.30. The second-order valence-electron chi connectivity index (χ2n) is 4.81. The van der Waals surface area contributed by atoms with Gasteiger partial charge in [-0.05, 0) is 26.0 Å². The van der Waals surface area contributed by atoms with E-state index in [0.29, 0.717) is 13.1 Å². The molecule has 116 valence electrons. The van der Waals surface area contributed by atoms with Gasteiger partial charge in [-0.1, -0.05) is 12.1 Å². The first kappa shape index (κ1) is 17.3. The Morgan fingerprint density at radius 1 is 1.29 bits per heavy atom. The number of imidazole rings is 1. The highest BCUT2D eigenvalue weighted by atomic mass is 35.5. The standard InChI is InChI=1S/C14H20N4O2.ClH/c1-3-17-11-6-4-5-7-12(11)18(14(17)20)9-13(19)16-10(2)8-15;/h4-7,10H,3,8-9,15H2,1-2H3,(H,16,19);1H/t10-;/m0./s1. The predicted octanol–water partition coefficient (Wildman–Crippen LogP) is 0.708. The molecule has 7 heteroatoms. The average Bonchev–Trinajstić information content (AvgIpc) is 2.71. The van der Waals surface area contributed by atoms with Gasteiger partial charge in [0.2, 0.25) is 5.91 Å². The minimum atomic E-state index is -0.205. The van der Waals surface area contributed by atoms with Crippen LogP contribution in [0.25, 0.3) is 11.0 Å². The van der Waals surface area contributed by atoms with Crippen LogP contribution in [0.15, 0.2) is 29.1 Å². The van der Waals surface area contributed by atoms with Crippen molar-refractivity contribution >= 4 is 29.3 Å². The molecule has 0 saturated carbocycles. The van der Waals surface area contributed by atoms with Gasteiger partial charge in [0.1, 0.15) is 6.54 Å². The molecule has 0 aliphatic carbocycles. The quantitative estimate of drug-likeness (QED) is 0.853. The lowest BCUT2D eigenvalue weighted by molar-refractivity contribution is -0.122. The fraction of sp³-hybridized carbons (Fsp3) is 0.429. The van der Waals surface area contributed by atoms with E-state index in [0.717, 1.165) is 11.0 Å². The van der Waals surface area contributed by atoms with Crippen molar-refractivity contribution in [3.63, 3.8) is 0 Å². The molecular weight excluding hydrogens is 292 g/mol. The average molecular weight is 313 g/mol. The van der Waals surface area contributed by atoms with Crippen LogP contribution in [0.1, 0.15) is 13.8 Å². The molecule has 2 aromatic rings. The van der Waals surface area contributed by atoms with Crippen molar-refractivity contribution < 1.29 is 4.79 Å². The van der Waals surface area contributed by atoms with Crippen LogP contribution in [0.4, 0.5) is 0 Å². The number of carbonyl (C=O) groups excluding carboxylic acids is 1. The van der Waals surface area contributed by atoms with Crippen molar-refractivity contribution in [1.82, 2.24) is 14.5 Å². The van der Waals surface area contributed by atoms with Crippen LogP contribution in [0.3, 0.4) is 0 Å². The number of hydrogen-bond acceptors (Lipinski definition) is 3. The van der Waals surface area contributed by atoms with Crippen LogP contribution in [0.2, 0.25) is 0 Å². The molecule has 2 rings (SSSR count). The molecule has 0 saturated heterocycles. The second kappa shape index (κ2) is 7.28. The molecule has 3 N–H and O–H groups in total. The van der Waals surface area contributed by atoms with Crippen LogP contribution in [0.5, 0.6) is 0 Å². The minimum absolute atomic E-state index is 0. The van der Waals surface area contributed by atoms with Crippen molar-refractivity contribution in [2.24, 2.45) is 5.73 Å². The summed E-state index contributed by atoms with van der Waals surface area (Å²) >= 11 is 0. The summed E-state index contributed by atoms with van der Waals surface area (Å²) in [5.74, 6) is -0.205. The Labute approximate surface area is 129 Å². The Morgan fingerprint density at radius 3 is 2.38 bits per heavy atom. The number of fused-ring (bicyclic) bond motifs is 1. The van der Waals surface area contributed by atoms with Crippen molar-refractivity contribution in [3.8, 4) is 0 Å². The molecule has 1 amide bonds. The molecule has 1 atom stereocenters. The molecule has 1 aromatic heterocycles. The number of aryl methyl sites for hydroxylation is 1. The maximum absolute atomic E-state index is 12.3. The molecule has 1 heterocycles. The third kappa shape index (κ3) is 3.46. The number of nitrogens with one attached hydrogen (secondary N) is 1. The molecule has 0 fully saturated rings. The zero-order chi connectivity index (χ0) is 14.7. The van der Waals surface area contributed by atoms with Gasteiger partial charge in [-0.15, -0.1) is 12.4 Å². The number of aromatic nitrogens is 2. The number of amides is 1. The second-order valence-corrected chi connectivity index (χ2v) is 4.81. The van der Waals surface area contributed by atoms with Crippen LogP contribution in [0, 0.1) is 0 Å². The fourth-order valence-electron chi connectivity index (χ4n) is 2.25. The van der Waals surface area contributed by atoms with Crippen LogP contribution < -0.4 is 16.7 Å². The van der Waals surface area contributed by atoms with Crippen molar-refractivity contribution in [2.75, 3.05) is 6.54 Å². The number of nitrogens with zero attached hydrogens (tertiary/aromatic N) is 2. The van der Waals surface area contributed by atoms with E-state index in [-0.39, 0.29) is 36.6 Å². The normalized spacial score (nSPS) is 12.0. The smallest absolute Gasteiger partial charge is 0.329 e. The first-order chi connectivity index (χ1) is 9.58. The van der Waals surface area contributed by atoms with E-state index >= 15 is 0 Å². The van der Waals surface area contributed by atoms with Gasteiger partial charge in [-0.2, -0.15) is 0 Å². The summed E-state index contributed by atoms with van der Waals surface area (Å²) in [5.41, 5.74) is 6.93. The van der Waals surface area contributed by atoms with E-state index in [2.05, 4.69) is 5.32 Å². The molecule has 0 radical (unpaired) electrons. The molecule has 1 aromatic carbocycles. The number of rotatable bonds is 5. The summed E-state index contributed by atoms with van der Waals surface area (Å²) in [6, 6.07) is 7.38. The van der Waals surface area contributed by atoms with E-state index < -0.39 is 0 Å². The molecule has 6 nitrogen and oxygen atoms in total. The summed E-state index contributed by atoms with van der Waals surface area (Å²) in [6.45, 7) is 4.70. The number of halogens is 1. The van der Waals surface area contributed by atoms with E-state index in [1.165, 1.54) is 4.57 Å². The summed E-state index contributed by atoms with van der Waals surface area (Å²) in [4.78, 5) is 24.3. The monoisotopic (exact) mass is 312 g/mol. The van der Waals surface area contributed by atoms with Gasteiger partial charge in [0.05, 0.1) is 11.0 Å². The summed E-state index contributed by atoms with van der Waals surface area (Å²) in [5, 5.41) is 2.76. The van der Waals surface area contributed by atoms with Crippen molar-refractivity contribution in [1.29, 1.82) is 0 Å². The first-order valence-corrected chi connectivity index (χ1v) is 6.76. The molecule has 0 bridgehead atoms. The van der Waals surface area contributed by atoms with E-state index in [1.807, 2.05) is 38.1 Å². The lowest BCUT2D eigenvalue weighted by atomic mass is 10.3. The summed E-state index contributed by atoms with van der Waals surface area (Å²) in [6.07, 6.45) is 0. The van der Waals surface area contributed by atoms with Gasteiger partial charge < -0.3 is 11.1 Å². The molecular formula is C14H21ClN4O2. The highest BCUT2D eigenvalue weighted by molar-refractivity contribution is 5.85. The Hall–Kier alpha value is -1.79. The minimum Gasteiger partial charge on any atom is -0.351 e. The predicted molar refractivity (Wildman–Crippen MR) is 85.8 cm³/mol. The zero-order valence-corrected chi connectivity index (χ0v) is 13.0. The Kier molecular flexibility index (Phi) is 5.99. The number of hydrogen-bond donors (Lipinski definition) is 2. The lowest BCUT2D eigenvalue weighted by Crippen LogP contribution is -2.41. The first-order valence-electron chi connectivity index (χ1n) is 6.76. The largest absolute Gasteiger partial charge is 0.351 e. The maximum Gasteiger partial charge on any atom is 0.329 e. The zero-order valence-electron chi connectivity index (χ0n) is 12.2. The number of para-hydroxylation sites is 2. The van der Waals surface area contributed by atoms with E-state index in [9.17, 15) is 9.59 Å². The lowest BCUT2D eigenvalue weighted by Gasteiger charge is -2.11. The van der Waals surface area contributed by atoms with Crippen LogP contribution in [-0.4, -0.2) is 27.6 Å². The Bertz CT molecular complexity index is 677. The molecule has 0 aliphatic rings. The summed E-state index contributed by atoms with van der Waals surface area (Å²) in [7, 11) is 0. The third-order valence-corrected chi connectivity index (χ3v) is 3.30. The van der Waals surface area contributed by atoms with Gasteiger partial charge in [0.15, 0.2) is 0 Å². The van der Waals surface area contributed by atoms with Gasteiger partial charge in [-0.25, -0.2) is 4.79 Å². The number of benzene rings is 1. The SMILES string of the molecule is CCn1c(=O)n(CC(=O)N[C@@H](C)CN)c2ccccc21.Cl. The van der Waals surface area contributed by atoms with Gasteiger partial charge in [0.25, 0.3) is 0 Å². The van der Waals surface area contributed by atoms with Gasteiger partial charge in [-0.3, -0.25) is 13.9 Å². The van der Waals surface area contributed by atoms with Crippen molar-refractivity contribution in [3.05, 3.63) is 34.7 Å². The highest BCUT2D eigenvalue weighted by Gasteiger charge is 2.14.